The predicted molar refractivity (Wildman–Crippen MR) is 57.3 cm³/mol. The number of hydrogen-bond donors (Lipinski definition) is 0. The molecular formula is C12H19N. The first-order valence-electron chi connectivity index (χ1n) is 5.11. The van der Waals surface area contributed by atoms with Crippen molar-refractivity contribution >= 4 is 0 Å². The maximum Gasteiger partial charge on any atom is 0.0908 e. The molecule has 0 aliphatic carbocycles. The first-order valence-corrected chi connectivity index (χ1v) is 5.11. The van der Waals surface area contributed by atoms with Crippen molar-refractivity contribution in [3.63, 3.8) is 0 Å². The Kier molecular flexibility index (Phi) is 10.1. The average molecular weight is 177 g/mol. The van der Waals surface area contributed by atoms with Gasteiger partial charge in [-0.05, 0) is 32.1 Å². The van der Waals surface area contributed by atoms with Gasteiger partial charge in [0, 0.05) is 6.08 Å². The van der Waals surface area contributed by atoms with Crippen LogP contribution in [0, 0.1) is 11.3 Å². The number of unbranched alkanes of at least 4 members (excludes halogenated alkanes) is 4. The highest BCUT2D eigenvalue weighted by Gasteiger charge is 1.84. The molecule has 0 heterocycles. The molecule has 0 N–H and O–H groups in total. The second-order valence-electron chi connectivity index (χ2n) is 3.05. The lowest BCUT2D eigenvalue weighted by Gasteiger charge is -1.94. The summed E-state index contributed by atoms with van der Waals surface area (Å²) in [4.78, 5) is 0. The van der Waals surface area contributed by atoms with Crippen molar-refractivity contribution in [2.75, 3.05) is 0 Å². The molecule has 0 aromatic carbocycles. The molecule has 72 valence electrons. The molecule has 0 spiro atoms. The van der Waals surface area contributed by atoms with Crippen molar-refractivity contribution in [2.24, 2.45) is 0 Å². The lowest BCUT2D eigenvalue weighted by atomic mass is 10.1. The van der Waals surface area contributed by atoms with Gasteiger partial charge < -0.3 is 0 Å². The monoisotopic (exact) mass is 177 g/mol. The van der Waals surface area contributed by atoms with E-state index in [1.165, 1.54) is 25.7 Å². The quantitative estimate of drug-likeness (QED) is 0.328. The highest BCUT2D eigenvalue weighted by atomic mass is 14.2. The number of allylic oxidation sites excluding steroid dienone is 4. The maximum absolute atomic E-state index is 8.22. The standard InChI is InChI=1S/C12H19N/c1-2-3-4-5-6-7-8-9-10-11-12-13/h3-4,10-11H,2,5-9H2,1H3/b4-3?,11-10-. The molecule has 1 heteroatoms. The van der Waals surface area contributed by atoms with Crippen LogP contribution in [0.4, 0.5) is 0 Å². The van der Waals surface area contributed by atoms with Crippen molar-refractivity contribution in [3.8, 4) is 6.07 Å². The minimum Gasteiger partial charge on any atom is -0.193 e. The van der Waals surface area contributed by atoms with Gasteiger partial charge in [-0.15, -0.1) is 0 Å². The smallest absolute Gasteiger partial charge is 0.0908 e. The summed E-state index contributed by atoms with van der Waals surface area (Å²) in [6.07, 6.45) is 15.1. The van der Waals surface area contributed by atoms with E-state index < -0.39 is 0 Å². The summed E-state index contributed by atoms with van der Waals surface area (Å²) in [7, 11) is 0. The van der Waals surface area contributed by atoms with Gasteiger partial charge in [-0.1, -0.05) is 31.6 Å². The van der Waals surface area contributed by atoms with Crippen LogP contribution in [-0.2, 0) is 0 Å². The number of nitriles is 1. The molecule has 0 aromatic rings. The minimum atomic E-state index is 1.05. The fourth-order valence-electron chi connectivity index (χ4n) is 1.12. The summed E-state index contributed by atoms with van der Waals surface area (Å²) in [5, 5.41) is 8.22. The van der Waals surface area contributed by atoms with Gasteiger partial charge in [0.2, 0.25) is 0 Å². The molecule has 0 bridgehead atoms. The minimum absolute atomic E-state index is 1.05. The van der Waals surface area contributed by atoms with Crippen LogP contribution >= 0.6 is 0 Å². The molecule has 0 aliphatic heterocycles. The summed E-state index contributed by atoms with van der Waals surface area (Å²) in [5.41, 5.74) is 0. The van der Waals surface area contributed by atoms with Crippen molar-refractivity contribution < 1.29 is 0 Å². The van der Waals surface area contributed by atoms with Crippen LogP contribution in [0.1, 0.15) is 45.4 Å². The zero-order chi connectivity index (χ0) is 9.78. The van der Waals surface area contributed by atoms with Gasteiger partial charge in [0.25, 0.3) is 0 Å². The van der Waals surface area contributed by atoms with E-state index in [0.717, 1.165) is 12.8 Å². The first kappa shape index (κ1) is 12.0. The normalized spacial score (nSPS) is 11.1. The Balaban J connectivity index is 3.05. The molecule has 0 unspecified atom stereocenters. The third-order valence-corrected chi connectivity index (χ3v) is 1.84. The van der Waals surface area contributed by atoms with Crippen molar-refractivity contribution in [2.45, 2.75) is 45.4 Å². The zero-order valence-electron chi connectivity index (χ0n) is 8.50. The molecule has 0 radical (unpaired) electrons. The van der Waals surface area contributed by atoms with E-state index in [-0.39, 0.29) is 0 Å². The second kappa shape index (κ2) is 11.0. The van der Waals surface area contributed by atoms with Crippen molar-refractivity contribution in [3.05, 3.63) is 24.3 Å². The predicted octanol–water partition coefficient (Wildman–Crippen LogP) is 3.98. The van der Waals surface area contributed by atoms with Crippen LogP contribution in [-0.4, -0.2) is 0 Å². The third-order valence-electron chi connectivity index (χ3n) is 1.84. The summed E-state index contributed by atoms with van der Waals surface area (Å²) < 4.78 is 0. The van der Waals surface area contributed by atoms with E-state index in [0.29, 0.717) is 0 Å². The fourth-order valence-corrected chi connectivity index (χ4v) is 1.12. The van der Waals surface area contributed by atoms with E-state index in [1.54, 1.807) is 6.08 Å². The summed E-state index contributed by atoms with van der Waals surface area (Å²) in [6, 6.07) is 1.99. The van der Waals surface area contributed by atoms with E-state index in [4.69, 9.17) is 5.26 Å². The van der Waals surface area contributed by atoms with Gasteiger partial charge in [-0.3, -0.25) is 0 Å². The topological polar surface area (TPSA) is 23.8 Å². The van der Waals surface area contributed by atoms with Gasteiger partial charge in [-0.25, -0.2) is 0 Å². The molecule has 0 rings (SSSR count). The van der Waals surface area contributed by atoms with Gasteiger partial charge >= 0.3 is 0 Å². The van der Waals surface area contributed by atoms with Crippen molar-refractivity contribution in [1.82, 2.24) is 0 Å². The Morgan fingerprint density at radius 2 is 1.69 bits per heavy atom. The number of hydrogen-bond acceptors (Lipinski definition) is 1. The van der Waals surface area contributed by atoms with Gasteiger partial charge in [0.15, 0.2) is 0 Å². The number of nitrogens with zero attached hydrogens (tertiary/aromatic N) is 1. The Bertz CT molecular complexity index is 184. The molecule has 0 aliphatic rings. The van der Waals surface area contributed by atoms with Crippen LogP contribution in [0.15, 0.2) is 24.3 Å². The number of rotatable bonds is 7. The Hall–Kier alpha value is -1.03. The lowest BCUT2D eigenvalue weighted by Crippen LogP contribution is -1.74. The molecule has 1 nitrogen and oxygen atoms in total. The Morgan fingerprint density at radius 1 is 1.00 bits per heavy atom. The highest BCUT2D eigenvalue weighted by molar-refractivity contribution is 5.01. The van der Waals surface area contributed by atoms with Crippen LogP contribution in [0.2, 0.25) is 0 Å². The molecule has 13 heavy (non-hydrogen) atoms. The van der Waals surface area contributed by atoms with E-state index in [1.807, 2.05) is 12.1 Å². The molecule has 0 amide bonds. The summed E-state index contributed by atoms with van der Waals surface area (Å²) >= 11 is 0. The third kappa shape index (κ3) is 11.0. The molecule has 0 saturated heterocycles. The fraction of sp³-hybridized carbons (Fsp3) is 0.583. The summed E-state index contributed by atoms with van der Waals surface area (Å²) in [6.45, 7) is 2.16. The van der Waals surface area contributed by atoms with Gasteiger partial charge in [0.1, 0.15) is 0 Å². The second-order valence-corrected chi connectivity index (χ2v) is 3.05. The molecular weight excluding hydrogens is 158 g/mol. The maximum atomic E-state index is 8.22. The molecule has 0 fully saturated rings. The molecule has 0 atom stereocenters. The van der Waals surface area contributed by atoms with E-state index in [2.05, 4.69) is 19.1 Å². The average Bonchev–Trinajstić information content (AvgIpc) is 2.16. The van der Waals surface area contributed by atoms with Crippen LogP contribution in [0.25, 0.3) is 0 Å². The van der Waals surface area contributed by atoms with Gasteiger partial charge in [-0.2, -0.15) is 5.26 Å². The van der Waals surface area contributed by atoms with Gasteiger partial charge in [0.05, 0.1) is 6.07 Å². The van der Waals surface area contributed by atoms with Crippen LogP contribution < -0.4 is 0 Å². The van der Waals surface area contributed by atoms with Crippen molar-refractivity contribution in [1.29, 1.82) is 5.26 Å². The highest BCUT2D eigenvalue weighted by Crippen LogP contribution is 2.04. The first-order chi connectivity index (χ1) is 6.41. The summed E-state index contributed by atoms with van der Waals surface area (Å²) in [5.74, 6) is 0. The molecule has 0 saturated carbocycles. The van der Waals surface area contributed by atoms with Crippen LogP contribution in [0.3, 0.4) is 0 Å². The van der Waals surface area contributed by atoms with E-state index >= 15 is 0 Å². The Morgan fingerprint density at radius 3 is 2.31 bits per heavy atom. The zero-order valence-corrected chi connectivity index (χ0v) is 8.50. The molecule has 0 aromatic heterocycles. The van der Waals surface area contributed by atoms with E-state index in [9.17, 15) is 0 Å². The lowest BCUT2D eigenvalue weighted by molar-refractivity contribution is 0.695. The van der Waals surface area contributed by atoms with Crippen LogP contribution in [0.5, 0.6) is 0 Å². The largest absolute Gasteiger partial charge is 0.193 e. The Labute approximate surface area is 81.8 Å². The SMILES string of the molecule is CCC=CCCCCC/C=C\C#N.